The summed E-state index contributed by atoms with van der Waals surface area (Å²) in [6, 6.07) is 10.1. The fourth-order valence-corrected chi connectivity index (χ4v) is 5.40. The van der Waals surface area contributed by atoms with E-state index in [0.29, 0.717) is 17.8 Å². The molecule has 1 atom stereocenters. The monoisotopic (exact) mass is 462 g/mol. The maximum atomic E-state index is 13.0. The van der Waals surface area contributed by atoms with E-state index < -0.39 is 31.8 Å². The minimum Gasteiger partial charge on any atom is -0.369 e. The molecule has 0 spiro atoms. The molecule has 32 heavy (non-hydrogen) atoms. The summed E-state index contributed by atoms with van der Waals surface area (Å²) in [4.78, 5) is 36.3. The van der Waals surface area contributed by atoms with Crippen LogP contribution in [0.2, 0.25) is 0 Å². The molecule has 1 unspecified atom stereocenters. The lowest BCUT2D eigenvalue weighted by atomic mass is 10.1. The van der Waals surface area contributed by atoms with Crippen LogP contribution in [0, 0.1) is 10.1 Å². The van der Waals surface area contributed by atoms with Gasteiger partial charge in [-0.15, -0.1) is 0 Å². The second-order valence-electron chi connectivity index (χ2n) is 7.24. The van der Waals surface area contributed by atoms with Crippen molar-refractivity contribution in [1.82, 2.24) is 10.8 Å². The molecule has 0 saturated heterocycles. The van der Waals surface area contributed by atoms with E-state index in [1.54, 1.807) is 11.0 Å². The number of nitro groups is 1. The summed E-state index contributed by atoms with van der Waals surface area (Å²) in [6.45, 7) is 2.36. The molecule has 170 valence electrons. The Hall–Kier alpha value is -3.51. The van der Waals surface area contributed by atoms with Crippen molar-refractivity contribution in [2.45, 2.75) is 30.0 Å². The molecule has 1 aliphatic rings. The highest BCUT2D eigenvalue weighted by atomic mass is 32.2. The van der Waals surface area contributed by atoms with Crippen LogP contribution in [0.25, 0.3) is 0 Å². The first-order valence-electron chi connectivity index (χ1n) is 9.74. The number of hydroxylamine groups is 1. The fourth-order valence-electron chi connectivity index (χ4n) is 3.56. The first-order chi connectivity index (χ1) is 15.2. The number of fused-ring (bicyclic) bond motifs is 1. The van der Waals surface area contributed by atoms with Crippen molar-refractivity contribution in [3.8, 4) is 0 Å². The van der Waals surface area contributed by atoms with Crippen LogP contribution < -0.4 is 15.7 Å². The molecular weight excluding hydrogens is 440 g/mol. The Balaban J connectivity index is 1.83. The van der Waals surface area contributed by atoms with Crippen LogP contribution in [-0.4, -0.2) is 48.7 Å². The molecular formula is C20H22N4O7S. The summed E-state index contributed by atoms with van der Waals surface area (Å²) in [5.41, 5.74) is 2.51. The number of nitro benzene ring substituents is 1. The van der Waals surface area contributed by atoms with Gasteiger partial charge in [0.05, 0.1) is 20.8 Å². The quantitative estimate of drug-likeness (QED) is 0.316. The fraction of sp³-hybridized carbons (Fsp3) is 0.300. The van der Waals surface area contributed by atoms with Crippen LogP contribution in [-0.2, 0) is 21.2 Å². The third-order valence-electron chi connectivity index (χ3n) is 5.23. The van der Waals surface area contributed by atoms with Gasteiger partial charge in [-0.3, -0.25) is 24.9 Å². The van der Waals surface area contributed by atoms with E-state index in [0.717, 1.165) is 0 Å². The zero-order valence-electron chi connectivity index (χ0n) is 17.1. The minimum absolute atomic E-state index is 0.0107. The molecule has 12 heteroatoms. The van der Waals surface area contributed by atoms with Gasteiger partial charge in [0, 0.05) is 43.8 Å². The molecule has 2 aromatic carbocycles. The lowest BCUT2D eigenvalue weighted by molar-refractivity contribution is -0.384. The molecule has 0 saturated carbocycles. The first-order valence-corrected chi connectivity index (χ1v) is 11.3. The van der Waals surface area contributed by atoms with Crippen molar-refractivity contribution in [1.29, 1.82) is 0 Å². The Kier molecular flexibility index (Phi) is 6.75. The van der Waals surface area contributed by atoms with Gasteiger partial charge in [0.2, 0.25) is 5.91 Å². The molecule has 0 aromatic heterocycles. The molecule has 1 aliphatic heterocycles. The minimum atomic E-state index is -3.85. The summed E-state index contributed by atoms with van der Waals surface area (Å²) < 4.78 is 25.9. The van der Waals surface area contributed by atoms with E-state index in [4.69, 9.17) is 5.21 Å². The van der Waals surface area contributed by atoms with Crippen LogP contribution in [0.15, 0.2) is 47.4 Å². The van der Waals surface area contributed by atoms with Crippen molar-refractivity contribution >= 4 is 33.0 Å². The zero-order valence-corrected chi connectivity index (χ0v) is 18.0. The molecule has 3 rings (SSSR count). The number of carbonyl (C=O) groups excluding carboxylic acids is 2. The van der Waals surface area contributed by atoms with E-state index in [9.17, 15) is 28.1 Å². The summed E-state index contributed by atoms with van der Waals surface area (Å²) in [7, 11) is -3.85. The molecule has 11 nitrogen and oxygen atoms in total. The normalized spacial score (nSPS) is 16.7. The van der Waals surface area contributed by atoms with E-state index in [1.807, 2.05) is 6.92 Å². The second-order valence-corrected chi connectivity index (χ2v) is 9.43. The highest BCUT2D eigenvalue weighted by Gasteiger charge is 2.38. The summed E-state index contributed by atoms with van der Waals surface area (Å²) >= 11 is 0. The number of rotatable bonds is 7. The number of sulfone groups is 1. The van der Waals surface area contributed by atoms with Crippen molar-refractivity contribution in [3.63, 3.8) is 0 Å². The third-order valence-corrected chi connectivity index (χ3v) is 7.38. The lowest BCUT2D eigenvalue weighted by Crippen LogP contribution is -2.44. The standard InChI is InChI=1S/C20H22N4O7S/c1-2-23-12-16(10-19(25)22-27)32(30,31)18-7-6-14(9-17(18)23)20(26)21-11-13-4-3-5-15(8-13)24(28)29/h3-9,16,27H,2,10-12H2,1H3,(H,21,26)(H,22,25). The van der Waals surface area contributed by atoms with Gasteiger partial charge in [0.15, 0.2) is 9.84 Å². The van der Waals surface area contributed by atoms with Crippen molar-refractivity contribution < 1.29 is 28.1 Å². The molecule has 2 amide bonds. The van der Waals surface area contributed by atoms with Gasteiger partial charge in [-0.1, -0.05) is 12.1 Å². The highest BCUT2D eigenvalue weighted by Crippen LogP contribution is 2.35. The van der Waals surface area contributed by atoms with Crippen LogP contribution in [0.5, 0.6) is 0 Å². The van der Waals surface area contributed by atoms with Gasteiger partial charge < -0.3 is 10.2 Å². The molecule has 3 N–H and O–H groups in total. The SMILES string of the molecule is CCN1CC(CC(=O)NO)S(=O)(=O)c2ccc(C(=O)NCc3cccc([N+](=O)[O-])c3)cc21. The number of amides is 2. The van der Waals surface area contributed by atoms with Crippen LogP contribution in [0.4, 0.5) is 11.4 Å². The van der Waals surface area contributed by atoms with Crippen molar-refractivity contribution in [2.75, 3.05) is 18.0 Å². The van der Waals surface area contributed by atoms with Gasteiger partial charge in [0.25, 0.3) is 11.6 Å². The Morgan fingerprint density at radius 2 is 2.00 bits per heavy atom. The Labute approximate surface area is 184 Å². The average Bonchev–Trinajstić information content (AvgIpc) is 2.79. The zero-order chi connectivity index (χ0) is 23.5. The summed E-state index contributed by atoms with van der Waals surface area (Å²) in [5, 5.41) is 21.3. The number of anilines is 1. The van der Waals surface area contributed by atoms with Gasteiger partial charge >= 0.3 is 0 Å². The number of benzene rings is 2. The topological polar surface area (TPSA) is 159 Å². The molecule has 1 heterocycles. The van der Waals surface area contributed by atoms with E-state index in [2.05, 4.69) is 5.32 Å². The van der Waals surface area contributed by atoms with E-state index in [-0.39, 0.29) is 35.7 Å². The number of nitrogens with one attached hydrogen (secondary N) is 2. The van der Waals surface area contributed by atoms with Gasteiger partial charge in [-0.05, 0) is 30.7 Å². The average molecular weight is 462 g/mol. The second kappa shape index (κ2) is 9.32. The number of nitrogens with zero attached hydrogens (tertiary/aromatic N) is 2. The maximum Gasteiger partial charge on any atom is 0.269 e. The smallest absolute Gasteiger partial charge is 0.269 e. The van der Waals surface area contributed by atoms with Crippen LogP contribution in [0.3, 0.4) is 0 Å². The van der Waals surface area contributed by atoms with Gasteiger partial charge in [-0.25, -0.2) is 13.9 Å². The number of hydrogen-bond donors (Lipinski definition) is 3. The Bertz CT molecular complexity index is 1170. The van der Waals surface area contributed by atoms with Crippen LogP contribution in [0.1, 0.15) is 29.3 Å². The first kappa shape index (κ1) is 23.2. The highest BCUT2D eigenvalue weighted by molar-refractivity contribution is 7.92. The van der Waals surface area contributed by atoms with Crippen LogP contribution >= 0.6 is 0 Å². The van der Waals surface area contributed by atoms with E-state index in [1.165, 1.54) is 41.9 Å². The Morgan fingerprint density at radius 3 is 2.66 bits per heavy atom. The van der Waals surface area contributed by atoms with Gasteiger partial charge in [0.1, 0.15) is 0 Å². The number of carbonyl (C=O) groups is 2. The van der Waals surface area contributed by atoms with Crippen molar-refractivity contribution in [3.05, 3.63) is 63.7 Å². The lowest BCUT2D eigenvalue weighted by Gasteiger charge is -2.35. The third kappa shape index (κ3) is 4.70. The summed E-state index contributed by atoms with van der Waals surface area (Å²) in [6.07, 6.45) is -0.389. The molecule has 0 fully saturated rings. The summed E-state index contributed by atoms with van der Waals surface area (Å²) in [5.74, 6) is -1.26. The molecule has 0 bridgehead atoms. The van der Waals surface area contributed by atoms with E-state index >= 15 is 0 Å². The number of hydrogen-bond acceptors (Lipinski definition) is 8. The molecule has 0 aliphatic carbocycles. The molecule has 0 radical (unpaired) electrons. The predicted octanol–water partition coefficient (Wildman–Crippen LogP) is 1.40. The predicted molar refractivity (Wildman–Crippen MR) is 114 cm³/mol. The maximum absolute atomic E-state index is 13.0. The van der Waals surface area contributed by atoms with Crippen molar-refractivity contribution in [2.24, 2.45) is 0 Å². The van der Waals surface area contributed by atoms with Gasteiger partial charge in [-0.2, -0.15) is 0 Å². The Morgan fingerprint density at radius 1 is 1.25 bits per heavy atom. The number of non-ortho nitro benzene ring substituents is 1. The molecule has 2 aromatic rings. The largest absolute Gasteiger partial charge is 0.369 e.